The molecule has 1 atom stereocenters. The Morgan fingerprint density at radius 3 is 2.86 bits per heavy atom. The second-order valence-electron chi connectivity index (χ2n) is 4.30. The first-order valence-electron chi connectivity index (χ1n) is 5.34. The summed E-state index contributed by atoms with van der Waals surface area (Å²) >= 11 is 0. The molecule has 1 fully saturated rings. The molecule has 1 amide bonds. The molecule has 4 heteroatoms. The van der Waals surface area contributed by atoms with Gasteiger partial charge in [0.1, 0.15) is 0 Å². The van der Waals surface area contributed by atoms with Crippen LogP contribution >= 0.6 is 0 Å². The molecule has 0 aromatic carbocycles. The van der Waals surface area contributed by atoms with Crippen molar-refractivity contribution in [3.8, 4) is 0 Å². The number of amides is 1. The molecule has 1 aliphatic heterocycles. The summed E-state index contributed by atoms with van der Waals surface area (Å²) < 4.78 is 0. The highest BCUT2D eigenvalue weighted by molar-refractivity contribution is 5.77. The van der Waals surface area contributed by atoms with Gasteiger partial charge >= 0.3 is 0 Å². The van der Waals surface area contributed by atoms with Crippen LogP contribution in [0.25, 0.3) is 0 Å². The zero-order chi connectivity index (χ0) is 10.6. The number of nitrogens with two attached hydrogens (primary N) is 1. The van der Waals surface area contributed by atoms with E-state index in [1.54, 1.807) is 0 Å². The van der Waals surface area contributed by atoms with Gasteiger partial charge in [0.2, 0.25) is 5.91 Å². The second-order valence-corrected chi connectivity index (χ2v) is 4.30. The molecule has 14 heavy (non-hydrogen) atoms. The van der Waals surface area contributed by atoms with E-state index in [1.165, 1.54) is 0 Å². The van der Waals surface area contributed by atoms with Crippen LogP contribution in [0.1, 0.15) is 20.3 Å². The van der Waals surface area contributed by atoms with Gasteiger partial charge in [-0.2, -0.15) is 0 Å². The lowest BCUT2D eigenvalue weighted by molar-refractivity contribution is -0.121. The van der Waals surface area contributed by atoms with E-state index in [0.717, 1.165) is 32.6 Å². The van der Waals surface area contributed by atoms with Gasteiger partial charge in [0, 0.05) is 25.7 Å². The molecule has 1 saturated heterocycles. The van der Waals surface area contributed by atoms with Gasteiger partial charge in [0.05, 0.1) is 5.92 Å². The number of nitrogens with zero attached hydrogens (tertiary/aromatic N) is 1. The predicted octanol–water partition coefficient (Wildman–Crippen LogP) is -0.208. The van der Waals surface area contributed by atoms with Gasteiger partial charge < -0.3 is 16.0 Å². The molecule has 0 bridgehead atoms. The average molecular weight is 199 g/mol. The minimum atomic E-state index is -0.149. The third-order valence-corrected chi connectivity index (χ3v) is 2.66. The molecule has 0 aromatic rings. The van der Waals surface area contributed by atoms with Crippen LogP contribution in [0.2, 0.25) is 0 Å². The largest absolute Gasteiger partial charge is 0.369 e. The highest BCUT2D eigenvalue weighted by atomic mass is 16.1. The number of carbonyl (C=O) groups excluding carboxylic acids is 1. The van der Waals surface area contributed by atoms with Gasteiger partial charge in [-0.3, -0.25) is 4.79 Å². The van der Waals surface area contributed by atoms with E-state index in [1.807, 2.05) is 0 Å². The van der Waals surface area contributed by atoms with Crippen LogP contribution in [0.4, 0.5) is 0 Å². The monoisotopic (exact) mass is 199 g/mol. The van der Waals surface area contributed by atoms with Crippen molar-refractivity contribution in [3.63, 3.8) is 0 Å². The first kappa shape index (κ1) is 11.5. The van der Waals surface area contributed by atoms with Crippen molar-refractivity contribution < 1.29 is 4.79 Å². The molecular formula is C10H21N3O. The molecule has 0 aliphatic carbocycles. The van der Waals surface area contributed by atoms with Crippen LogP contribution in [0.3, 0.4) is 0 Å². The quantitative estimate of drug-likeness (QED) is 0.644. The van der Waals surface area contributed by atoms with Gasteiger partial charge in [-0.05, 0) is 13.0 Å². The van der Waals surface area contributed by atoms with Gasteiger partial charge in [-0.15, -0.1) is 0 Å². The lowest BCUT2D eigenvalue weighted by atomic mass is 10.1. The Morgan fingerprint density at radius 1 is 1.64 bits per heavy atom. The lowest BCUT2D eigenvalue weighted by Gasteiger charge is -2.16. The molecule has 82 valence electrons. The minimum Gasteiger partial charge on any atom is -0.369 e. The Kier molecular flexibility index (Phi) is 4.35. The van der Waals surface area contributed by atoms with Crippen molar-refractivity contribution in [2.45, 2.75) is 26.3 Å². The highest BCUT2D eigenvalue weighted by Gasteiger charge is 2.25. The summed E-state index contributed by atoms with van der Waals surface area (Å²) in [6.07, 6.45) is 0.928. The number of rotatable bonds is 5. The molecule has 3 N–H and O–H groups in total. The van der Waals surface area contributed by atoms with Crippen LogP contribution in [0.5, 0.6) is 0 Å². The molecule has 1 heterocycles. The molecule has 1 unspecified atom stereocenters. The Balaban J connectivity index is 2.13. The maximum Gasteiger partial charge on any atom is 0.221 e. The average Bonchev–Trinajstić information content (AvgIpc) is 2.52. The smallest absolute Gasteiger partial charge is 0.221 e. The number of primary amides is 1. The second kappa shape index (κ2) is 5.32. The number of hydrogen-bond acceptors (Lipinski definition) is 3. The van der Waals surface area contributed by atoms with Crippen LogP contribution in [-0.2, 0) is 4.79 Å². The van der Waals surface area contributed by atoms with E-state index in [9.17, 15) is 4.79 Å². The summed E-state index contributed by atoms with van der Waals surface area (Å²) in [5.41, 5.74) is 5.26. The molecular weight excluding hydrogens is 178 g/mol. The molecule has 0 spiro atoms. The zero-order valence-corrected chi connectivity index (χ0v) is 9.12. The summed E-state index contributed by atoms with van der Waals surface area (Å²) in [6.45, 7) is 8.12. The molecule has 1 aliphatic rings. The first-order chi connectivity index (χ1) is 6.59. The van der Waals surface area contributed by atoms with Crippen molar-refractivity contribution in [2.24, 2.45) is 11.7 Å². The van der Waals surface area contributed by atoms with Crippen LogP contribution in [0, 0.1) is 5.92 Å². The van der Waals surface area contributed by atoms with Crippen molar-refractivity contribution in [1.82, 2.24) is 10.2 Å². The predicted molar refractivity (Wildman–Crippen MR) is 56.9 cm³/mol. The van der Waals surface area contributed by atoms with E-state index in [0.29, 0.717) is 6.04 Å². The van der Waals surface area contributed by atoms with E-state index in [4.69, 9.17) is 5.73 Å². The normalized spacial score (nSPS) is 23.2. The van der Waals surface area contributed by atoms with Gasteiger partial charge in [-0.25, -0.2) is 0 Å². The third-order valence-electron chi connectivity index (χ3n) is 2.66. The van der Waals surface area contributed by atoms with E-state index >= 15 is 0 Å². The Bertz CT molecular complexity index is 194. The Labute approximate surface area is 85.8 Å². The van der Waals surface area contributed by atoms with Crippen LogP contribution in [0.15, 0.2) is 0 Å². The van der Waals surface area contributed by atoms with Gasteiger partial charge in [-0.1, -0.05) is 13.8 Å². The number of hydrogen-bond donors (Lipinski definition) is 2. The SMILES string of the molecule is CC(C)NCCN1CCC(C(N)=O)C1. The fraction of sp³-hybridized carbons (Fsp3) is 0.900. The van der Waals surface area contributed by atoms with Gasteiger partial charge in [0.15, 0.2) is 0 Å². The van der Waals surface area contributed by atoms with E-state index in [2.05, 4.69) is 24.1 Å². The Hall–Kier alpha value is -0.610. The number of nitrogens with one attached hydrogen (secondary N) is 1. The summed E-state index contributed by atoms with van der Waals surface area (Å²) in [7, 11) is 0. The molecule has 0 radical (unpaired) electrons. The summed E-state index contributed by atoms with van der Waals surface area (Å²) in [5, 5.41) is 3.36. The van der Waals surface area contributed by atoms with Crippen molar-refractivity contribution >= 4 is 5.91 Å². The van der Waals surface area contributed by atoms with Crippen molar-refractivity contribution in [1.29, 1.82) is 0 Å². The minimum absolute atomic E-state index is 0.0778. The fourth-order valence-corrected chi connectivity index (χ4v) is 1.78. The number of likely N-dealkylation sites (tertiary alicyclic amines) is 1. The number of carbonyl (C=O) groups is 1. The summed E-state index contributed by atoms with van der Waals surface area (Å²) in [6, 6.07) is 0.532. The van der Waals surface area contributed by atoms with E-state index < -0.39 is 0 Å². The topological polar surface area (TPSA) is 58.4 Å². The van der Waals surface area contributed by atoms with Gasteiger partial charge in [0.25, 0.3) is 0 Å². The maximum absolute atomic E-state index is 10.9. The fourth-order valence-electron chi connectivity index (χ4n) is 1.78. The van der Waals surface area contributed by atoms with Crippen LogP contribution in [-0.4, -0.2) is 43.0 Å². The first-order valence-corrected chi connectivity index (χ1v) is 5.34. The van der Waals surface area contributed by atoms with Crippen molar-refractivity contribution in [2.75, 3.05) is 26.2 Å². The third kappa shape index (κ3) is 3.64. The zero-order valence-electron chi connectivity index (χ0n) is 9.12. The van der Waals surface area contributed by atoms with E-state index in [-0.39, 0.29) is 11.8 Å². The molecule has 0 saturated carbocycles. The molecule has 1 rings (SSSR count). The lowest BCUT2D eigenvalue weighted by Crippen LogP contribution is -2.34. The Morgan fingerprint density at radius 2 is 2.36 bits per heavy atom. The highest BCUT2D eigenvalue weighted by Crippen LogP contribution is 2.14. The maximum atomic E-state index is 10.9. The molecule has 0 aromatic heterocycles. The van der Waals surface area contributed by atoms with Crippen LogP contribution < -0.4 is 11.1 Å². The molecule has 4 nitrogen and oxygen atoms in total. The standard InChI is InChI=1S/C10H21N3O/c1-8(2)12-4-6-13-5-3-9(7-13)10(11)14/h8-9,12H,3-7H2,1-2H3,(H2,11,14). The van der Waals surface area contributed by atoms with Crippen molar-refractivity contribution in [3.05, 3.63) is 0 Å². The summed E-state index contributed by atoms with van der Waals surface area (Å²) in [4.78, 5) is 13.2. The summed E-state index contributed by atoms with van der Waals surface area (Å²) in [5.74, 6) is -0.0710.